The number of anilines is 1. The summed E-state index contributed by atoms with van der Waals surface area (Å²) < 4.78 is 13.3. The van der Waals surface area contributed by atoms with Crippen molar-refractivity contribution in [2.24, 2.45) is 4.99 Å². The molecule has 0 aliphatic carbocycles. The third-order valence-corrected chi connectivity index (χ3v) is 5.69. The lowest BCUT2D eigenvalue weighted by atomic mass is 10.2. The van der Waals surface area contributed by atoms with E-state index in [0.29, 0.717) is 19.8 Å². The molecule has 0 unspecified atom stereocenters. The number of fused-ring (bicyclic) bond motifs is 2. The van der Waals surface area contributed by atoms with Gasteiger partial charge in [0.2, 0.25) is 0 Å². The van der Waals surface area contributed by atoms with E-state index in [1.165, 1.54) is 0 Å². The number of aliphatic imine (C=N–C) groups is 1. The van der Waals surface area contributed by atoms with Gasteiger partial charge in [0.1, 0.15) is 17.2 Å². The Kier molecular flexibility index (Phi) is 5.04. The number of benzene rings is 1. The second-order valence-electron chi connectivity index (χ2n) is 7.90. The van der Waals surface area contributed by atoms with E-state index in [1.54, 1.807) is 18.6 Å². The smallest absolute Gasteiger partial charge is 0.158 e. The summed E-state index contributed by atoms with van der Waals surface area (Å²) in [6.07, 6.45) is 5.31. The molecule has 1 aliphatic rings. The van der Waals surface area contributed by atoms with E-state index in [4.69, 9.17) is 19.2 Å². The third-order valence-electron chi connectivity index (χ3n) is 5.69. The first-order valence-electron chi connectivity index (χ1n) is 10.9. The number of hydrogen-bond donors (Lipinski definition) is 0. The highest BCUT2D eigenvalue weighted by Gasteiger charge is 2.18. The zero-order valence-corrected chi connectivity index (χ0v) is 18.0. The summed E-state index contributed by atoms with van der Waals surface area (Å²) in [5.41, 5.74) is 4.39. The number of hydrogen-bond acceptors (Lipinski definition) is 7. The number of rotatable bonds is 5. The van der Waals surface area contributed by atoms with Gasteiger partial charge in [-0.3, -0.25) is 9.98 Å². The number of pyridine rings is 1. The number of aromatic nitrogens is 4. The molecule has 0 N–H and O–H groups in total. The maximum absolute atomic E-state index is 5.84. The largest absolute Gasteiger partial charge is 0.455 e. The molecule has 6 rings (SSSR count). The number of morpholine rings is 1. The van der Waals surface area contributed by atoms with Crippen LogP contribution in [0, 0.1) is 0 Å². The predicted octanol–water partition coefficient (Wildman–Crippen LogP) is 3.99. The summed E-state index contributed by atoms with van der Waals surface area (Å²) in [6, 6.07) is 17.9. The number of nitrogens with zero attached hydrogens (tertiary/aromatic N) is 6. The fourth-order valence-electron chi connectivity index (χ4n) is 4.07. The van der Waals surface area contributed by atoms with Crippen LogP contribution in [-0.4, -0.2) is 52.1 Å². The maximum Gasteiger partial charge on any atom is 0.158 e. The van der Waals surface area contributed by atoms with Crippen molar-refractivity contribution < 1.29 is 9.15 Å². The fraction of sp³-hybridized carbons (Fsp3) is 0.200. The Labute approximate surface area is 190 Å². The summed E-state index contributed by atoms with van der Waals surface area (Å²) in [6.45, 7) is 3.46. The van der Waals surface area contributed by atoms with E-state index < -0.39 is 0 Å². The molecule has 33 heavy (non-hydrogen) atoms. The highest BCUT2D eigenvalue weighted by atomic mass is 16.5. The Morgan fingerprint density at radius 3 is 2.70 bits per heavy atom. The molecule has 1 aromatic carbocycles. The van der Waals surface area contributed by atoms with Crippen molar-refractivity contribution in [2.45, 2.75) is 6.54 Å². The number of furan rings is 1. The van der Waals surface area contributed by atoms with Crippen molar-refractivity contribution in [3.63, 3.8) is 0 Å². The van der Waals surface area contributed by atoms with Gasteiger partial charge in [-0.25, -0.2) is 4.98 Å². The molecule has 0 amide bonds. The average Bonchev–Trinajstić information content (AvgIpc) is 3.48. The quantitative estimate of drug-likeness (QED) is 0.386. The van der Waals surface area contributed by atoms with Gasteiger partial charge in [-0.2, -0.15) is 9.61 Å². The molecule has 0 saturated carbocycles. The third kappa shape index (κ3) is 3.96. The standard InChI is InChI=1S/C25H22N6O2/c1-2-4-23-19(3-1)13-21(33-23)17-27-16-20-14-25(30-9-11-32-12-10-30)31-24(28-20)15-22(29-31)18-5-7-26-8-6-18/h1-8,13-15,17H,9-12,16H2. The van der Waals surface area contributed by atoms with Crippen molar-refractivity contribution >= 4 is 28.6 Å². The zero-order valence-electron chi connectivity index (χ0n) is 18.0. The summed E-state index contributed by atoms with van der Waals surface area (Å²) in [5, 5.41) is 5.91. The van der Waals surface area contributed by atoms with Crippen LogP contribution < -0.4 is 4.90 Å². The van der Waals surface area contributed by atoms with E-state index in [2.05, 4.69) is 20.9 Å². The second kappa shape index (κ2) is 8.48. The molecular formula is C25H22N6O2. The molecule has 8 heteroatoms. The predicted molar refractivity (Wildman–Crippen MR) is 127 cm³/mol. The van der Waals surface area contributed by atoms with Crippen molar-refractivity contribution in [3.8, 4) is 11.3 Å². The SMILES string of the molecule is C(=NCc1cc(N2CCOCC2)n2nc(-c3ccncc3)cc2n1)c1cc2ccccc2o1. The van der Waals surface area contributed by atoms with Gasteiger partial charge in [-0.1, -0.05) is 18.2 Å². The van der Waals surface area contributed by atoms with Gasteiger partial charge in [0.05, 0.1) is 37.4 Å². The summed E-state index contributed by atoms with van der Waals surface area (Å²) in [4.78, 5) is 15.8. The lowest BCUT2D eigenvalue weighted by molar-refractivity contribution is 0.122. The summed E-state index contributed by atoms with van der Waals surface area (Å²) >= 11 is 0. The maximum atomic E-state index is 5.84. The minimum Gasteiger partial charge on any atom is -0.455 e. The highest BCUT2D eigenvalue weighted by molar-refractivity contribution is 5.86. The minimum atomic E-state index is 0.445. The molecule has 164 valence electrons. The molecule has 0 spiro atoms. The van der Waals surface area contributed by atoms with E-state index in [-0.39, 0.29) is 0 Å². The van der Waals surface area contributed by atoms with Crippen LogP contribution in [0.25, 0.3) is 27.9 Å². The van der Waals surface area contributed by atoms with Crippen LogP contribution in [0.3, 0.4) is 0 Å². The first kappa shape index (κ1) is 19.6. The normalized spacial score (nSPS) is 14.6. The Hall–Kier alpha value is -4.04. The monoisotopic (exact) mass is 438 g/mol. The van der Waals surface area contributed by atoms with Crippen LogP contribution in [0.5, 0.6) is 0 Å². The number of para-hydroxylation sites is 1. The van der Waals surface area contributed by atoms with Crippen LogP contribution in [-0.2, 0) is 11.3 Å². The minimum absolute atomic E-state index is 0.445. The van der Waals surface area contributed by atoms with E-state index >= 15 is 0 Å². The molecule has 0 radical (unpaired) electrons. The average molecular weight is 438 g/mol. The van der Waals surface area contributed by atoms with Crippen LogP contribution >= 0.6 is 0 Å². The molecule has 1 aliphatic heterocycles. The van der Waals surface area contributed by atoms with Crippen molar-refractivity contribution in [1.29, 1.82) is 0 Å². The second-order valence-corrected chi connectivity index (χ2v) is 7.90. The van der Waals surface area contributed by atoms with E-state index in [9.17, 15) is 0 Å². The number of ether oxygens (including phenoxy) is 1. The van der Waals surface area contributed by atoms with Gasteiger partial charge >= 0.3 is 0 Å². The summed E-state index contributed by atoms with van der Waals surface area (Å²) in [5.74, 6) is 1.73. The van der Waals surface area contributed by atoms with Gasteiger partial charge in [-0.05, 0) is 24.3 Å². The van der Waals surface area contributed by atoms with Crippen LogP contribution in [0.4, 0.5) is 5.82 Å². The Morgan fingerprint density at radius 2 is 1.85 bits per heavy atom. The van der Waals surface area contributed by atoms with Crippen LogP contribution in [0.1, 0.15) is 11.5 Å². The highest BCUT2D eigenvalue weighted by Crippen LogP contribution is 2.24. The molecule has 1 fully saturated rings. The van der Waals surface area contributed by atoms with Gasteiger partial charge < -0.3 is 14.1 Å². The lowest BCUT2D eigenvalue weighted by Gasteiger charge is -2.29. The van der Waals surface area contributed by atoms with E-state index in [1.807, 2.05) is 53.0 Å². The van der Waals surface area contributed by atoms with Crippen molar-refractivity contribution in [3.05, 3.63) is 78.4 Å². The Bertz CT molecular complexity index is 1400. The molecule has 4 aromatic heterocycles. The Balaban J connectivity index is 1.34. The van der Waals surface area contributed by atoms with Crippen LogP contribution in [0.2, 0.25) is 0 Å². The first-order valence-corrected chi connectivity index (χ1v) is 10.9. The van der Waals surface area contributed by atoms with Crippen molar-refractivity contribution in [2.75, 3.05) is 31.2 Å². The van der Waals surface area contributed by atoms with Gasteiger partial charge in [-0.15, -0.1) is 0 Å². The van der Waals surface area contributed by atoms with Gasteiger partial charge in [0.25, 0.3) is 0 Å². The molecule has 5 heterocycles. The molecule has 8 nitrogen and oxygen atoms in total. The summed E-state index contributed by atoms with van der Waals surface area (Å²) in [7, 11) is 0. The van der Waals surface area contributed by atoms with E-state index in [0.717, 1.165) is 58.2 Å². The van der Waals surface area contributed by atoms with Crippen LogP contribution in [0.15, 0.2) is 76.4 Å². The first-order chi connectivity index (χ1) is 16.3. The molecule has 0 atom stereocenters. The fourth-order valence-corrected chi connectivity index (χ4v) is 4.07. The zero-order chi connectivity index (χ0) is 22.0. The molecule has 1 saturated heterocycles. The lowest BCUT2D eigenvalue weighted by Crippen LogP contribution is -2.37. The molecule has 0 bridgehead atoms. The van der Waals surface area contributed by atoms with Gasteiger partial charge in [0.15, 0.2) is 5.65 Å². The molecular weight excluding hydrogens is 416 g/mol. The topological polar surface area (TPSA) is 81.0 Å². The Morgan fingerprint density at radius 1 is 1.00 bits per heavy atom. The van der Waals surface area contributed by atoms with Crippen molar-refractivity contribution in [1.82, 2.24) is 19.6 Å². The van der Waals surface area contributed by atoms with Gasteiger partial charge in [0, 0.05) is 48.6 Å². The molecule has 5 aromatic rings.